The number of piperazine rings is 1. The minimum absolute atomic E-state index is 0.0263. The maximum absolute atomic E-state index is 13.1. The number of benzene rings is 3. The van der Waals surface area contributed by atoms with E-state index in [-0.39, 0.29) is 17.7 Å². The fourth-order valence-electron chi connectivity index (χ4n) is 4.37. The Hall–Kier alpha value is -4.02. The molecule has 0 radical (unpaired) electrons. The molecule has 11 heteroatoms. The van der Waals surface area contributed by atoms with Gasteiger partial charge >= 0.3 is 12.4 Å². The number of alkyl halides is 6. The third-order valence-electron chi connectivity index (χ3n) is 6.41. The van der Waals surface area contributed by atoms with Crippen molar-refractivity contribution < 1.29 is 35.9 Å². The number of aryl methyl sites for hydroxylation is 1. The second-order valence-corrected chi connectivity index (χ2v) is 9.33. The zero-order valence-electron chi connectivity index (χ0n) is 20.9. The molecule has 0 aromatic heterocycles. The van der Waals surface area contributed by atoms with Crippen molar-refractivity contribution in [2.45, 2.75) is 25.7 Å². The molecule has 39 heavy (non-hydrogen) atoms. The lowest BCUT2D eigenvalue weighted by molar-refractivity contribution is -0.143. The Labute approximate surface area is 221 Å². The van der Waals surface area contributed by atoms with E-state index in [2.05, 4.69) is 5.32 Å². The number of carbonyl (C=O) groups excluding carboxylic acids is 2. The standard InChI is InChI=1S/C28H25F6N3O2/c1-18-3-2-4-19(13-18)14-25(38)37-11-9-36(10-12-37)24-7-5-23(6-8-24)35-26(39)20-15-21(27(29,30)31)17-22(16-20)28(32,33)34/h2-8,13,15-17H,9-12,14H2,1H3,(H,35,39). The third-order valence-corrected chi connectivity index (χ3v) is 6.41. The molecule has 206 valence electrons. The van der Waals surface area contributed by atoms with E-state index in [4.69, 9.17) is 0 Å². The number of halogens is 6. The van der Waals surface area contributed by atoms with E-state index in [9.17, 15) is 35.9 Å². The van der Waals surface area contributed by atoms with Gasteiger partial charge in [0.25, 0.3) is 5.91 Å². The molecule has 1 aliphatic heterocycles. The van der Waals surface area contributed by atoms with Gasteiger partial charge in [-0.25, -0.2) is 0 Å². The van der Waals surface area contributed by atoms with Gasteiger partial charge in [-0.1, -0.05) is 29.8 Å². The first kappa shape index (κ1) is 28.0. The Morgan fingerprint density at radius 3 is 1.92 bits per heavy atom. The SMILES string of the molecule is Cc1cccc(CC(=O)N2CCN(c3ccc(NC(=O)c4cc(C(F)(F)F)cc(C(F)(F)F)c4)cc3)CC2)c1. The molecule has 0 atom stereocenters. The number of nitrogens with zero attached hydrogens (tertiary/aromatic N) is 2. The monoisotopic (exact) mass is 549 g/mol. The first-order chi connectivity index (χ1) is 18.3. The first-order valence-corrected chi connectivity index (χ1v) is 12.1. The van der Waals surface area contributed by atoms with Gasteiger partial charge in [0.2, 0.25) is 5.91 Å². The van der Waals surface area contributed by atoms with Crippen LogP contribution in [0.3, 0.4) is 0 Å². The topological polar surface area (TPSA) is 52.7 Å². The Balaban J connectivity index is 1.37. The molecule has 5 nitrogen and oxygen atoms in total. The van der Waals surface area contributed by atoms with Gasteiger partial charge in [0.15, 0.2) is 0 Å². The maximum atomic E-state index is 13.1. The van der Waals surface area contributed by atoms with E-state index in [0.717, 1.165) is 16.8 Å². The molecule has 0 saturated carbocycles. The second-order valence-electron chi connectivity index (χ2n) is 9.33. The third kappa shape index (κ3) is 7.10. The number of hydrogen-bond donors (Lipinski definition) is 1. The van der Waals surface area contributed by atoms with E-state index in [1.165, 1.54) is 12.1 Å². The van der Waals surface area contributed by atoms with Gasteiger partial charge in [-0.15, -0.1) is 0 Å². The molecule has 2 amide bonds. The normalized spacial score (nSPS) is 14.3. The molecule has 0 spiro atoms. The summed E-state index contributed by atoms with van der Waals surface area (Å²) in [6.45, 7) is 4.18. The summed E-state index contributed by atoms with van der Waals surface area (Å²) in [6.07, 6.45) is -9.77. The van der Waals surface area contributed by atoms with Crippen LogP contribution in [0.1, 0.15) is 32.6 Å². The summed E-state index contributed by atoms with van der Waals surface area (Å²) in [4.78, 5) is 29.0. The van der Waals surface area contributed by atoms with Gasteiger partial charge in [-0.05, 0) is 55.0 Å². The maximum Gasteiger partial charge on any atom is 0.416 e. The van der Waals surface area contributed by atoms with Crippen LogP contribution >= 0.6 is 0 Å². The molecule has 4 rings (SSSR count). The number of nitrogens with one attached hydrogen (secondary N) is 1. The predicted octanol–water partition coefficient (Wildman–Crippen LogP) is 6.18. The molecular formula is C28H25F6N3O2. The minimum atomic E-state index is -5.05. The fourth-order valence-corrected chi connectivity index (χ4v) is 4.37. The number of rotatable bonds is 5. The van der Waals surface area contributed by atoms with Crippen molar-refractivity contribution in [3.63, 3.8) is 0 Å². The Morgan fingerprint density at radius 2 is 1.38 bits per heavy atom. The minimum Gasteiger partial charge on any atom is -0.368 e. The summed E-state index contributed by atoms with van der Waals surface area (Å²) in [7, 11) is 0. The lowest BCUT2D eigenvalue weighted by atomic mass is 10.0. The lowest BCUT2D eigenvalue weighted by Gasteiger charge is -2.36. The van der Waals surface area contributed by atoms with E-state index < -0.39 is 35.0 Å². The van der Waals surface area contributed by atoms with Crippen molar-refractivity contribution >= 4 is 23.2 Å². The summed E-state index contributed by atoms with van der Waals surface area (Å²) < 4.78 is 78.6. The van der Waals surface area contributed by atoms with E-state index in [1.54, 1.807) is 17.0 Å². The van der Waals surface area contributed by atoms with Crippen molar-refractivity contribution in [1.29, 1.82) is 0 Å². The Kier molecular flexibility index (Phi) is 7.89. The van der Waals surface area contributed by atoms with E-state index in [1.807, 2.05) is 36.1 Å². The smallest absolute Gasteiger partial charge is 0.368 e. The Bertz CT molecular complexity index is 1310. The summed E-state index contributed by atoms with van der Waals surface area (Å²) in [6, 6.07) is 14.9. The molecule has 1 heterocycles. The lowest BCUT2D eigenvalue weighted by Crippen LogP contribution is -2.49. The van der Waals surface area contributed by atoms with Crippen LogP contribution in [0.15, 0.2) is 66.7 Å². The van der Waals surface area contributed by atoms with Crippen molar-refractivity contribution in [3.05, 3.63) is 94.5 Å². The number of hydrogen-bond acceptors (Lipinski definition) is 3. The fraction of sp³-hybridized carbons (Fsp3) is 0.286. The van der Waals surface area contributed by atoms with Gasteiger partial charge in [-0.2, -0.15) is 26.3 Å². The van der Waals surface area contributed by atoms with Crippen LogP contribution in [0, 0.1) is 6.92 Å². The number of carbonyl (C=O) groups is 2. The molecule has 0 bridgehead atoms. The molecule has 1 N–H and O–H groups in total. The summed E-state index contributed by atoms with van der Waals surface area (Å²) in [5, 5.41) is 2.35. The van der Waals surface area contributed by atoms with Crippen LogP contribution in [-0.2, 0) is 23.6 Å². The first-order valence-electron chi connectivity index (χ1n) is 12.1. The number of amides is 2. The Morgan fingerprint density at radius 1 is 0.795 bits per heavy atom. The van der Waals surface area contributed by atoms with Crippen molar-refractivity contribution in [3.8, 4) is 0 Å². The van der Waals surface area contributed by atoms with Crippen molar-refractivity contribution in [2.24, 2.45) is 0 Å². The highest BCUT2D eigenvalue weighted by molar-refractivity contribution is 6.04. The highest BCUT2D eigenvalue weighted by Gasteiger charge is 2.37. The van der Waals surface area contributed by atoms with Gasteiger partial charge < -0.3 is 15.1 Å². The van der Waals surface area contributed by atoms with Crippen LogP contribution in [0.2, 0.25) is 0 Å². The van der Waals surface area contributed by atoms with Crippen LogP contribution in [0.25, 0.3) is 0 Å². The van der Waals surface area contributed by atoms with Gasteiger partial charge in [0.05, 0.1) is 17.5 Å². The largest absolute Gasteiger partial charge is 0.416 e. The molecule has 0 unspecified atom stereocenters. The van der Waals surface area contributed by atoms with E-state index in [0.29, 0.717) is 44.7 Å². The van der Waals surface area contributed by atoms with Crippen molar-refractivity contribution in [2.75, 3.05) is 36.4 Å². The van der Waals surface area contributed by atoms with E-state index >= 15 is 0 Å². The zero-order chi connectivity index (χ0) is 28.4. The van der Waals surface area contributed by atoms with Crippen LogP contribution in [-0.4, -0.2) is 42.9 Å². The average Bonchev–Trinajstić information content (AvgIpc) is 2.88. The summed E-state index contributed by atoms with van der Waals surface area (Å²) >= 11 is 0. The van der Waals surface area contributed by atoms with Crippen molar-refractivity contribution in [1.82, 2.24) is 4.90 Å². The highest BCUT2D eigenvalue weighted by atomic mass is 19.4. The molecule has 1 saturated heterocycles. The zero-order valence-corrected chi connectivity index (χ0v) is 20.9. The molecule has 3 aromatic carbocycles. The van der Waals surface area contributed by atoms with Crippen LogP contribution in [0.5, 0.6) is 0 Å². The molecular weight excluding hydrogens is 524 g/mol. The predicted molar refractivity (Wildman–Crippen MR) is 135 cm³/mol. The molecule has 3 aromatic rings. The summed E-state index contributed by atoms with van der Waals surface area (Å²) in [5.74, 6) is -1.05. The molecule has 0 aliphatic carbocycles. The number of anilines is 2. The van der Waals surface area contributed by atoms with Crippen LogP contribution < -0.4 is 10.2 Å². The molecule has 1 fully saturated rings. The van der Waals surface area contributed by atoms with Crippen LogP contribution in [0.4, 0.5) is 37.7 Å². The molecule has 1 aliphatic rings. The highest BCUT2D eigenvalue weighted by Crippen LogP contribution is 2.36. The average molecular weight is 550 g/mol. The van der Waals surface area contributed by atoms with Gasteiger partial charge in [0.1, 0.15) is 0 Å². The summed E-state index contributed by atoms with van der Waals surface area (Å²) in [5.41, 5.74) is -0.819. The van der Waals surface area contributed by atoms with Gasteiger partial charge in [-0.3, -0.25) is 9.59 Å². The second kappa shape index (κ2) is 11.0. The van der Waals surface area contributed by atoms with Gasteiger partial charge in [0, 0.05) is 43.1 Å². The quantitative estimate of drug-likeness (QED) is 0.387.